The molecule has 14 rings (SSSR count). The van der Waals surface area contributed by atoms with E-state index in [1.165, 1.54) is 48.6 Å². The van der Waals surface area contributed by atoms with Crippen LogP contribution in [0.2, 0.25) is 0 Å². The first-order valence-electron chi connectivity index (χ1n) is 20.7. The van der Waals surface area contributed by atoms with Crippen LogP contribution in [0.3, 0.4) is 0 Å². The largest absolute Gasteiger partial charge is 0.308 e. The predicted octanol–water partition coefficient (Wildman–Crippen LogP) is 13.8. The van der Waals surface area contributed by atoms with Crippen LogP contribution < -0.4 is 0 Å². The van der Waals surface area contributed by atoms with E-state index in [0.717, 1.165) is 77.5 Å². The Morgan fingerprint density at radius 2 is 0.738 bits per heavy atom. The van der Waals surface area contributed by atoms with Gasteiger partial charge >= 0.3 is 0 Å². The smallest absolute Gasteiger partial charge is 0.0979 e. The summed E-state index contributed by atoms with van der Waals surface area (Å²) in [5.41, 5.74) is 13.6. The molecule has 0 amide bonds. The molecule has 5 heterocycles. The number of para-hydroxylation sites is 4. The van der Waals surface area contributed by atoms with Crippen molar-refractivity contribution < 1.29 is 0 Å². The lowest BCUT2D eigenvalue weighted by Crippen LogP contribution is -1.99. The SMILES string of the molecule is c1ccc(-n2c3ccccc3c3c2c2c4ccccc4n(-c4ccc5nc6c7ccccc7c7ccccc7c6nc5c4)c2c2c4ccccc4n(-c4cccnc4)c32)cc1. The van der Waals surface area contributed by atoms with Crippen LogP contribution in [0.15, 0.2) is 194 Å². The molecule has 282 valence electrons. The fourth-order valence-corrected chi connectivity index (χ4v) is 10.4. The minimum atomic E-state index is 0.852. The lowest BCUT2D eigenvalue weighted by Gasteiger charge is -2.14. The second-order valence-corrected chi connectivity index (χ2v) is 16.0. The van der Waals surface area contributed by atoms with Crippen molar-refractivity contribution >= 4 is 109 Å². The third-order valence-corrected chi connectivity index (χ3v) is 12.8. The maximum atomic E-state index is 5.48. The molecule has 61 heavy (non-hydrogen) atoms. The molecule has 0 unspecified atom stereocenters. The highest BCUT2D eigenvalue weighted by molar-refractivity contribution is 6.40. The van der Waals surface area contributed by atoms with Gasteiger partial charge in [-0.2, -0.15) is 0 Å². The third kappa shape index (κ3) is 4.32. The zero-order chi connectivity index (χ0) is 39.8. The van der Waals surface area contributed by atoms with Gasteiger partial charge in [0.2, 0.25) is 0 Å². The molecule has 5 aromatic heterocycles. The quantitative estimate of drug-likeness (QED) is 0.133. The molecule has 0 aliphatic rings. The topological polar surface area (TPSA) is 53.5 Å². The van der Waals surface area contributed by atoms with Crippen LogP contribution in [0.5, 0.6) is 0 Å². The monoisotopic (exact) mass is 776 g/mol. The molecule has 14 aromatic rings. The van der Waals surface area contributed by atoms with Crippen LogP contribution in [0.1, 0.15) is 0 Å². The first-order valence-corrected chi connectivity index (χ1v) is 20.7. The van der Waals surface area contributed by atoms with E-state index in [1.807, 2.05) is 18.5 Å². The van der Waals surface area contributed by atoms with E-state index in [1.54, 1.807) is 0 Å². The summed E-state index contributed by atoms with van der Waals surface area (Å²) < 4.78 is 7.38. The molecular formula is C55H32N6. The Balaban J connectivity index is 1.22. The molecule has 0 saturated carbocycles. The van der Waals surface area contributed by atoms with E-state index in [2.05, 4.69) is 195 Å². The fourth-order valence-electron chi connectivity index (χ4n) is 10.4. The van der Waals surface area contributed by atoms with Crippen LogP contribution >= 0.6 is 0 Å². The van der Waals surface area contributed by atoms with Gasteiger partial charge in [0.15, 0.2) is 0 Å². The Morgan fingerprint density at radius 3 is 1.26 bits per heavy atom. The number of rotatable bonds is 3. The summed E-state index contributed by atoms with van der Waals surface area (Å²) in [5, 5.41) is 11.8. The van der Waals surface area contributed by atoms with Crippen molar-refractivity contribution in [3.8, 4) is 17.1 Å². The Morgan fingerprint density at radius 1 is 0.311 bits per heavy atom. The van der Waals surface area contributed by atoms with Gasteiger partial charge in [-0.3, -0.25) is 4.98 Å². The van der Waals surface area contributed by atoms with E-state index in [0.29, 0.717) is 0 Å². The van der Waals surface area contributed by atoms with E-state index in [9.17, 15) is 0 Å². The van der Waals surface area contributed by atoms with Gasteiger partial charge in [-0.1, -0.05) is 121 Å². The molecule has 0 atom stereocenters. The molecule has 9 aromatic carbocycles. The first-order chi connectivity index (χ1) is 30.3. The maximum Gasteiger partial charge on any atom is 0.0979 e. The highest BCUT2D eigenvalue weighted by Crippen LogP contribution is 2.50. The second kappa shape index (κ2) is 12.1. The number of aromatic nitrogens is 6. The highest BCUT2D eigenvalue weighted by atomic mass is 15.1. The van der Waals surface area contributed by atoms with Crippen LogP contribution in [-0.2, 0) is 0 Å². The van der Waals surface area contributed by atoms with Crippen LogP contribution in [-0.4, -0.2) is 28.7 Å². The van der Waals surface area contributed by atoms with Crippen LogP contribution in [0, 0.1) is 0 Å². The van der Waals surface area contributed by atoms with Gasteiger partial charge < -0.3 is 13.7 Å². The number of fused-ring (bicyclic) bond motifs is 19. The number of nitrogens with zero attached hydrogens (tertiary/aromatic N) is 6. The summed E-state index contributed by atoms with van der Waals surface area (Å²) >= 11 is 0. The average molecular weight is 777 g/mol. The third-order valence-electron chi connectivity index (χ3n) is 12.8. The van der Waals surface area contributed by atoms with Crippen molar-refractivity contribution in [2.75, 3.05) is 0 Å². The Labute approximate surface area is 347 Å². The predicted molar refractivity (Wildman–Crippen MR) is 253 cm³/mol. The summed E-state index contributed by atoms with van der Waals surface area (Å²) in [7, 11) is 0. The van der Waals surface area contributed by atoms with Crippen molar-refractivity contribution in [2.45, 2.75) is 0 Å². The van der Waals surface area contributed by atoms with Crippen molar-refractivity contribution in [2.24, 2.45) is 0 Å². The van der Waals surface area contributed by atoms with Crippen molar-refractivity contribution in [1.29, 1.82) is 0 Å². The number of benzene rings is 9. The minimum absolute atomic E-state index is 0.852. The highest BCUT2D eigenvalue weighted by Gasteiger charge is 2.29. The van der Waals surface area contributed by atoms with Gasteiger partial charge in [0.1, 0.15) is 0 Å². The molecule has 6 heteroatoms. The molecule has 0 aliphatic heterocycles. The maximum absolute atomic E-state index is 5.48. The van der Waals surface area contributed by atoms with Crippen molar-refractivity contribution in [3.05, 3.63) is 194 Å². The Hall–Kier alpha value is -8.35. The van der Waals surface area contributed by atoms with Gasteiger partial charge in [-0.15, -0.1) is 0 Å². The van der Waals surface area contributed by atoms with Gasteiger partial charge in [-0.05, 0) is 71.4 Å². The molecule has 0 N–H and O–H groups in total. The Kier molecular flexibility index (Phi) is 6.46. The lowest BCUT2D eigenvalue weighted by molar-refractivity contribution is 1.14. The fraction of sp³-hybridized carbons (Fsp3) is 0. The van der Waals surface area contributed by atoms with Crippen LogP contribution in [0.4, 0.5) is 0 Å². The molecule has 0 aliphatic carbocycles. The number of hydrogen-bond acceptors (Lipinski definition) is 3. The molecule has 0 radical (unpaired) electrons. The molecule has 0 saturated heterocycles. The summed E-state index contributed by atoms with van der Waals surface area (Å²) in [6, 6.07) is 65.3. The summed E-state index contributed by atoms with van der Waals surface area (Å²) in [6.07, 6.45) is 3.83. The first kappa shape index (κ1) is 32.6. The molecular weight excluding hydrogens is 745 g/mol. The molecule has 0 bridgehead atoms. The van der Waals surface area contributed by atoms with E-state index in [4.69, 9.17) is 9.97 Å². The van der Waals surface area contributed by atoms with Crippen LogP contribution in [0.25, 0.3) is 126 Å². The summed E-state index contributed by atoms with van der Waals surface area (Å²) in [4.78, 5) is 15.5. The number of hydrogen-bond donors (Lipinski definition) is 0. The van der Waals surface area contributed by atoms with E-state index in [-0.39, 0.29) is 0 Å². The van der Waals surface area contributed by atoms with E-state index >= 15 is 0 Å². The average Bonchev–Trinajstić information content (AvgIpc) is 3.98. The van der Waals surface area contributed by atoms with Crippen molar-refractivity contribution in [1.82, 2.24) is 28.7 Å². The summed E-state index contributed by atoms with van der Waals surface area (Å²) in [6.45, 7) is 0. The lowest BCUT2D eigenvalue weighted by atomic mass is 9.99. The second-order valence-electron chi connectivity index (χ2n) is 16.0. The molecule has 0 fully saturated rings. The zero-order valence-electron chi connectivity index (χ0n) is 32.7. The van der Waals surface area contributed by atoms with Gasteiger partial charge in [0.05, 0.1) is 67.1 Å². The molecule has 0 spiro atoms. The van der Waals surface area contributed by atoms with Gasteiger partial charge in [0.25, 0.3) is 0 Å². The normalized spacial score (nSPS) is 12.3. The minimum Gasteiger partial charge on any atom is -0.308 e. The number of pyridine rings is 1. The van der Waals surface area contributed by atoms with Gasteiger partial charge in [-0.25, -0.2) is 9.97 Å². The van der Waals surface area contributed by atoms with Gasteiger partial charge in [0, 0.05) is 60.7 Å². The zero-order valence-corrected chi connectivity index (χ0v) is 32.7. The standard InChI is InChI=1S/C55H32N6/c1-2-15-33(16-3-1)59-45-25-11-8-22-40(45)49-53(59)48-41-23-9-12-26-46(41)60(54(48)50-42-24-10-13-27-47(42)61(55(49)50)35-17-14-30-56-32-35)34-28-29-43-44(31-34)58-52-39-21-7-5-19-37(39)36-18-4-6-20-38(36)51(52)57-43/h1-32H. The molecule has 6 nitrogen and oxygen atoms in total. The Bertz CT molecular complexity index is 4090. The summed E-state index contributed by atoms with van der Waals surface area (Å²) in [5.74, 6) is 0. The van der Waals surface area contributed by atoms with Crippen molar-refractivity contribution in [3.63, 3.8) is 0 Å². The van der Waals surface area contributed by atoms with E-state index < -0.39 is 0 Å².